The summed E-state index contributed by atoms with van der Waals surface area (Å²) in [6.45, 7) is 2.97. The molecular weight excluding hydrogens is 124 g/mol. The van der Waals surface area contributed by atoms with Crippen LogP contribution in [0.2, 0.25) is 0 Å². The Morgan fingerprint density at radius 3 is 2.40 bits per heavy atom. The largest absolute Gasteiger partial charge is 0.330 e. The van der Waals surface area contributed by atoms with Gasteiger partial charge in [0, 0.05) is 6.04 Å². The van der Waals surface area contributed by atoms with E-state index in [4.69, 9.17) is 11.5 Å². The van der Waals surface area contributed by atoms with Gasteiger partial charge in [-0.1, -0.05) is 19.8 Å². The Labute approximate surface area is 64.0 Å². The van der Waals surface area contributed by atoms with Crippen LogP contribution in [0.3, 0.4) is 0 Å². The zero-order valence-corrected chi connectivity index (χ0v) is 6.97. The monoisotopic (exact) mass is 144 g/mol. The molecule has 0 aliphatic carbocycles. The molecule has 0 aromatic carbocycles. The molecule has 0 aromatic heterocycles. The van der Waals surface area contributed by atoms with Gasteiger partial charge in [0.2, 0.25) is 0 Å². The van der Waals surface area contributed by atoms with E-state index in [1.165, 1.54) is 12.8 Å². The number of hydrogen-bond acceptors (Lipinski definition) is 2. The lowest BCUT2D eigenvalue weighted by Crippen LogP contribution is -2.19. The highest BCUT2D eigenvalue weighted by molar-refractivity contribution is 4.59. The quantitative estimate of drug-likeness (QED) is 0.551. The molecular formula is C8H20N2. The van der Waals surface area contributed by atoms with E-state index in [1.54, 1.807) is 0 Å². The third-order valence-corrected chi connectivity index (χ3v) is 1.69. The van der Waals surface area contributed by atoms with E-state index in [9.17, 15) is 0 Å². The summed E-state index contributed by atoms with van der Waals surface area (Å²) in [5.74, 6) is 0. The first-order valence-corrected chi connectivity index (χ1v) is 4.27. The first-order chi connectivity index (χ1) is 4.81. The van der Waals surface area contributed by atoms with Gasteiger partial charge in [-0.3, -0.25) is 0 Å². The maximum Gasteiger partial charge on any atom is 0.00387 e. The van der Waals surface area contributed by atoms with E-state index >= 15 is 0 Å². The SMILES string of the molecule is CCC[C@@H](N)CCCCN. The second-order valence-corrected chi connectivity index (χ2v) is 2.83. The average molecular weight is 144 g/mol. The lowest BCUT2D eigenvalue weighted by molar-refractivity contribution is 0.529. The van der Waals surface area contributed by atoms with Crippen molar-refractivity contribution in [3.63, 3.8) is 0 Å². The molecule has 10 heavy (non-hydrogen) atoms. The molecule has 2 heteroatoms. The fourth-order valence-corrected chi connectivity index (χ4v) is 1.07. The van der Waals surface area contributed by atoms with Crippen LogP contribution in [0.4, 0.5) is 0 Å². The molecule has 0 spiro atoms. The van der Waals surface area contributed by atoms with Crippen molar-refractivity contribution in [1.82, 2.24) is 0 Å². The summed E-state index contributed by atoms with van der Waals surface area (Å²) in [6, 6.07) is 0.413. The molecule has 1 atom stereocenters. The van der Waals surface area contributed by atoms with Gasteiger partial charge < -0.3 is 11.5 Å². The van der Waals surface area contributed by atoms with Crippen LogP contribution in [0, 0.1) is 0 Å². The third-order valence-electron chi connectivity index (χ3n) is 1.69. The minimum atomic E-state index is 0.413. The van der Waals surface area contributed by atoms with E-state index in [0.717, 1.165) is 25.8 Å². The molecule has 62 valence electrons. The van der Waals surface area contributed by atoms with E-state index in [2.05, 4.69) is 6.92 Å². The standard InChI is InChI=1S/C8H20N2/c1-2-5-8(10)6-3-4-7-9/h8H,2-7,9-10H2,1H3/t8-/m1/s1. The average Bonchev–Trinajstić information content (AvgIpc) is 1.89. The Balaban J connectivity index is 2.97. The van der Waals surface area contributed by atoms with Crippen molar-refractivity contribution in [1.29, 1.82) is 0 Å². The van der Waals surface area contributed by atoms with Crippen molar-refractivity contribution < 1.29 is 0 Å². The minimum Gasteiger partial charge on any atom is -0.330 e. The Morgan fingerprint density at radius 1 is 1.20 bits per heavy atom. The zero-order valence-electron chi connectivity index (χ0n) is 6.97. The predicted molar refractivity (Wildman–Crippen MR) is 45.8 cm³/mol. The summed E-state index contributed by atoms with van der Waals surface area (Å²) in [5.41, 5.74) is 11.1. The van der Waals surface area contributed by atoms with Crippen molar-refractivity contribution >= 4 is 0 Å². The number of nitrogens with two attached hydrogens (primary N) is 2. The molecule has 0 aliphatic heterocycles. The number of rotatable bonds is 6. The summed E-state index contributed by atoms with van der Waals surface area (Å²) >= 11 is 0. The molecule has 0 unspecified atom stereocenters. The van der Waals surface area contributed by atoms with Gasteiger partial charge in [0.25, 0.3) is 0 Å². The molecule has 2 nitrogen and oxygen atoms in total. The molecule has 4 N–H and O–H groups in total. The zero-order chi connectivity index (χ0) is 7.82. The molecule has 0 heterocycles. The first kappa shape index (κ1) is 9.92. The molecule has 0 radical (unpaired) electrons. The molecule has 0 aromatic rings. The van der Waals surface area contributed by atoms with Crippen LogP contribution in [-0.4, -0.2) is 12.6 Å². The normalized spacial score (nSPS) is 13.5. The minimum absolute atomic E-state index is 0.413. The smallest absolute Gasteiger partial charge is 0.00387 e. The van der Waals surface area contributed by atoms with Crippen LogP contribution < -0.4 is 11.5 Å². The van der Waals surface area contributed by atoms with Crippen LogP contribution in [0.15, 0.2) is 0 Å². The Bertz CT molecular complexity index is 64.3. The van der Waals surface area contributed by atoms with Crippen LogP contribution >= 0.6 is 0 Å². The number of hydrogen-bond donors (Lipinski definition) is 2. The van der Waals surface area contributed by atoms with Gasteiger partial charge in [-0.25, -0.2) is 0 Å². The summed E-state index contributed by atoms with van der Waals surface area (Å²) in [4.78, 5) is 0. The van der Waals surface area contributed by atoms with Crippen LogP contribution in [-0.2, 0) is 0 Å². The lowest BCUT2D eigenvalue weighted by atomic mass is 10.1. The lowest BCUT2D eigenvalue weighted by Gasteiger charge is -2.08. The highest BCUT2D eigenvalue weighted by atomic mass is 14.6. The van der Waals surface area contributed by atoms with Crippen molar-refractivity contribution in [2.75, 3.05) is 6.54 Å². The fraction of sp³-hybridized carbons (Fsp3) is 1.00. The van der Waals surface area contributed by atoms with Gasteiger partial charge in [-0.05, 0) is 25.8 Å². The second-order valence-electron chi connectivity index (χ2n) is 2.83. The summed E-state index contributed by atoms with van der Waals surface area (Å²) < 4.78 is 0. The molecule has 0 aliphatic rings. The van der Waals surface area contributed by atoms with Gasteiger partial charge in [0.05, 0.1) is 0 Å². The Hall–Kier alpha value is -0.0800. The first-order valence-electron chi connectivity index (χ1n) is 4.27. The summed E-state index contributed by atoms with van der Waals surface area (Å²) in [7, 11) is 0. The van der Waals surface area contributed by atoms with E-state index in [-0.39, 0.29) is 0 Å². The maximum absolute atomic E-state index is 5.78. The molecule has 0 fully saturated rings. The second kappa shape index (κ2) is 7.03. The van der Waals surface area contributed by atoms with Crippen LogP contribution in [0.25, 0.3) is 0 Å². The third kappa shape index (κ3) is 6.05. The van der Waals surface area contributed by atoms with Gasteiger partial charge in [-0.15, -0.1) is 0 Å². The van der Waals surface area contributed by atoms with E-state index in [0.29, 0.717) is 6.04 Å². The maximum atomic E-state index is 5.78. The molecule has 0 saturated carbocycles. The Kier molecular flexibility index (Phi) is 6.98. The molecule has 0 bridgehead atoms. The van der Waals surface area contributed by atoms with Crippen molar-refractivity contribution in [2.45, 2.75) is 45.1 Å². The Morgan fingerprint density at radius 2 is 1.90 bits per heavy atom. The van der Waals surface area contributed by atoms with Gasteiger partial charge in [0.1, 0.15) is 0 Å². The highest BCUT2D eigenvalue weighted by Crippen LogP contribution is 2.02. The predicted octanol–water partition coefficient (Wildman–Crippen LogP) is 1.24. The topological polar surface area (TPSA) is 52.0 Å². The highest BCUT2D eigenvalue weighted by Gasteiger charge is 1.98. The summed E-state index contributed by atoms with van der Waals surface area (Å²) in [5, 5.41) is 0. The molecule has 0 saturated heterocycles. The van der Waals surface area contributed by atoms with Crippen molar-refractivity contribution in [3.05, 3.63) is 0 Å². The van der Waals surface area contributed by atoms with Crippen LogP contribution in [0.1, 0.15) is 39.0 Å². The number of unbranched alkanes of at least 4 members (excludes halogenated alkanes) is 1. The van der Waals surface area contributed by atoms with Gasteiger partial charge in [-0.2, -0.15) is 0 Å². The van der Waals surface area contributed by atoms with Gasteiger partial charge in [0.15, 0.2) is 0 Å². The van der Waals surface area contributed by atoms with Crippen molar-refractivity contribution in [3.8, 4) is 0 Å². The molecule has 0 amide bonds. The van der Waals surface area contributed by atoms with E-state index in [1.807, 2.05) is 0 Å². The molecule has 0 rings (SSSR count). The van der Waals surface area contributed by atoms with Crippen LogP contribution in [0.5, 0.6) is 0 Å². The van der Waals surface area contributed by atoms with E-state index < -0.39 is 0 Å². The summed E-state index contributed by atoms with van der Waals surface area (Å²) in [6.07, 6.45) is 5.81. The van der Waals surface area contributed by atoms with Crippen molar-refractivity contribution in [2.24, 2.45) is 11.5 Å². The fourth-order valence-electron chi connectivity index (χ4n) is 1.07. The van der Waals surface area contributed by atoms with Gasteiger partial charge >= 0.3 is 0 Å².